The van der Waals surface area contributed by atoms with Crippen molar-refractivity contribution in [2.24, 2.45) is 5.92 Å². The van der Waals surface area contributed by atoms with Crippen molar-refractivity contribution in [3.05, 3.63) is 70.7 Å². The first kappa shape index (κ1) is 40.7. The average molecular weight is 752 g/mol. The van der Waals surface area contributed by atoms with Gasteiger partial charge < -0.3 is 44.3 Å². The Morgan fingerprint density at radius 2 is 1.76 bits per heavy atom. The lowest BCUT2D eigenvalue weighted by atomic mass is 9.84. The van der Waals surface area contributed by atoms with E-state index in [1.54, 1.807) is 43.0 Å². The van der Waals surface area contributed by atoms with Gasteiger partial charge in [0, 0.05) is 24.4 Å². The van der Waals surface area contributed by atoms with Gasteiger partial charge in [0.15, 0.2) is 5.72 Å². The Labute approximate surface area is 304 Å². The molecule has 1 aliphatic heterocycles. The number of carbonyl (C=O) groups is 3. The van der Waals surface area contributed by atoms with Crippen LogP contribution in [-0.4, -0.2) is 83.5 Å². The molecule has 4 atom stereocenters. The molecule has 51 heavy (non-hydrogen) atoms. The number of morpholine rings is 1. The zero-order valence-electron chi connectivity index (χ0n) is 29.3. The normalized spacial score (nSPS) is 19.4. The van der Waals surface area contributed by atoms with Gasteiger partial charge in [-0.3, -0.25) is 14.2 Å². The van der Waals surface area contributed by atoms with Crippen LogP contribution in [0.4, 0.5) is 4.79 Å². The highest BCUT2D eigenvalue weighted by atomic mass is 35.5. The van der Waals surface area contributed by atoms with Crippen molar-refractivity contribution < 1.29 is 47.7 Å². The number of hydrogen-bond acceptors (Lipinski definition) is 10. The highest BCUT2D eigenvalue weighted by Gasteiger charge is 2.51. The van der Waals surface area contributed by atoms with Crippen molar-refractivity contribution in [3.8, 4) is 0 Å². The third kappa shape index (κ3) is 12.0. The second-order valence-electron chi connectivity index (χ2n) is 12.9. The van der Waals surface area contributed by atoms with E-state index in [0.29, 0.717) is 23.7 Å². The Hall–Kier alpha value is -3.03. The van der Waals surface area contributed by atoms with Gasteiger partial charge in [0.2, 0.25) is 17.7 Å². The van der Waals surface area contributed by atoms with E-state index in [0.717, 1.165) is 37.7 Å². The second kappa shape index (κ2) is 19.7. The monoisotopic (exact) mass is 751 g/mol. The molecule has 1 saturated heterocycles. The first-order chi connectivity index (χ1) is 24.5. The molecule has 0 spiro atoms. The Kier molecular flexibility index (Phi) is 15.7. The smallest absolute Gasteiger partial charge is 0.408 e. The highest BCUT2D eigenvalue weighted by molar-refractivity contribution is 7.54. The Morgan fingerprint density at radius 3 is 2.43 bits per heavy atom. The van der Waals surface area contributed by atoms with Crippen molar-refractivity contribution >= 4 is 37.1 Å². The third-order valence-electron chi connectivity index (χ3n) is 9.16. The third-order valence-corrected chi connectivity index (χ3v) is 11.7. The number of alkyl carbamates (subject to hydrolysis) is 1. The van der Waals surface area contributed by atoms with E-state index in [-0.39, 0.29) is 57.1 Å². The molecule has 2 fully saturated rings. The zero-order chi connectivity index (χ0) is 36.9. The molecular weight excluding hydrogens is 701 g/mol. The second-order valence-corrected chi connectivity index (χ2v) is 15.4. The van der Waals surface area contributed by atoms with E-state index in [1.165, 1.54) is 0 Å². The first-order valence-electron chi connectivity index (χ1n) is 17.7. The van der Waals surface area contributed by atoms with Gasteiger partial charge in [-0.1, -0.05) is 86.2 Å². The number of aliphatic hydroxyl groups is 2. The van der Waals surface area contributed by atoms with Gasteiger partial charge >= 0.3 is 13.7 Å². The number of aliphatic hydroxyl groups excluding tert-OH is 1. The molecule has 1 heterocycles. The SMILES string of the molecule is CCOP(=O)(OCC)C(O)C(O)(CCC(=O)N1CCOC(c2ccccc2)C1)NC(=O)[C@H](CC1CCCCC1)NC(=O)OCc1cccc(Cl)c1. The van der Waals surface area contributed by atoms with E-state index < -0.39 is 43.6 Å². The van der Waals surface area contributed by atoms with E-state index in [9.17, 15) is 29.2 Å². The molecule has 1 aliphatic carbocycles. The van der Waals surface area contributed by atoms with E-state index >= 15 is 0 Å². The molecule has 0 radical (unpaired) electrons. The number of amides is 3. The zero-order valence-corrected chi connectivity index (χ0v) is 31.0. The molecular formula is C36H51ClN3O10P. The van der Waals surface area contributed by atoms with E-state index in [4.69, 9.17) is 30.1 Å². The standard InChI is InChI=1S/C36H51ClN3O10P/c1-3-49-51(46,50-4-2)34(43)36(45,19-18-32(41)40-20-21-47-31(24-40)28-15-9-6-10-16-28)39-33(42)30(23-26-12-7-5-8-13-26)38-35(44)48-25-27-14-11-17-29(37)22-27/h6,9-11,14-17,22,26,30-31,34,43,45H,3-5,7-8,12-13,18-21,23-25H2,1-2H3,(H,38,44)(H,39,42)/t30-,31?,34?,36?/m0/s1. The fourth-order valence-electron chi connectivity index (χ4n) is 6.50. The first-order valence-corrected chi connectivity index (χ1v) is 19.7. The van der Waals surface area contributed by atoms with Crippen LogP contribution in [0.5, 0.6) is 0 Å². The van der Waals surface area contributed by atoms with Crippen LogP contribution in [0.2, 0.25) is 5.02 Å². The highest BCUT2D eigenvalue weighted by Crippen LogP contribution is 2.55. The molecule has 2 aromatic carbocycles. The topological polar surface area (TPSA) is 173 Å². The number of nitrogens with one attached hydrogen (secondary N) is 2. The quantitative estimate of drug-likeness (QED) is 0.117. The Balaban J connectivity index is 1.53. The van der Waals surface area contributed by atoms with Gasteiger partial charge in [-0.2, -0.15) is 0 Å². The Morgan fingerprint density at radius 1 is 1.06 bits per heavy atom. The van der Waals surface area contributed by atoms with Gasteiger partial charge in [-0.05, 0) is 49.4 Å². The van der Waals surface area contributed by atoms with Crippen LogP contribution < -0.4 is 10.6 Å². The summed E-state index contributed by atoms with van der Waals surface area (Å²) in [5, 5.41) is 29.0. The summed E-state index contributed by atoms with van der Waals surface area (Å²) in [4.78, 5) is 42.2. The lowest BCUT2D eigenvalue weighted by Gasteiger charge is -2.38. The molecule has 4 N–H and O–H groups in total. The summed E-state index contributed by atoms with van der Waals surface area (Å²) in [5.41, 5.74) is -1.10. The molecule has 15 heteroatoms. The molecule has 0 bridgehead atoms. The molecule has 0 aromatic heterocycles. The number of ether oxygens (including phenoxy) is 2. The molecule has 282 valence electrons. The maximum Gasteiger partial charge on any atom is 0.408 e. The molecule has 4 rings (SSSR count). The summed E-state index contributed by atoms with van der Waals surface area (Å²) in [6.45, 7) is 3.58. The summed E-state index contributed by atoms with van der Waals surface area (Å²) in [5.74, 6) is -3.40. The lowest BCUT2D eigenvalue weighted by molar-refractivity contribution is -0.147. The number of nitrogens with zero attached hydrogens (tertiary/aromatic N) is 1. The lowest BCUT2D eigenvalue weighted by Crippen LogP contribution is -2.61. The fraction of sp³-hybridized carbons (Fsp3) is 0.583. The maximum absolute atomic E-state index is 14.0. The minimum Gasteiger partial charge on any atom is -0.445 e. The molecule has 13 nitrogen and oxygen atoms in total. The summed E-state index contributed by atoms with van der Waals surface area (Å²) in [7, 11) is -4.45. The Bertz CT molecular complexity index is 1470. The van der Waals surface area contributed by atoms with E-state index in [2.05, 4.69) is 10.6 Å². The molecule has 3 amide bonds. The van der Waals surface area contributed by atoms with Crippen molar-refractivity contribution in [2.45, 2.75) is 95.5 Å². The molecule has 3 unspecified atom stereocenters. The van der Waals surface area contributed by atoms with Crippen molar-refractivity contribution in [3.63, 3.8) is 0 Å². The number of benzene rings is 2. The number of halogens is 1. The average Bonchev–Trinajstić information content (AvgIpc) is 3.13. The van der Waals surface area contributed by atoms with Crippen LogP contribution in [0, 0.1) is 5.92 Å². The summed E-state index contributed by atoms with van der Waals surface area (Å²) >= 11 is 6.05. The van der Waals surface area contributed by atoms with Crippen molar-refractivity contribution in [1.82, 2.24) is 15.5 Å². The largest absolute Gasteiger partial charge is 0.445 e. The minimum atomic E-state index is -4.45. The summed E-state index contributed by atoms with van der Waals surface area (Å²) in [6, 6.07) is 15.1. The predicted octanol–water partition coefficient (Wildman–Crippen LogP) is 5.67. The molecule has 1 saturated carbocycles. The maximum atomic E-state index is 14.0. The van der Waals surface area contributed by atoms with Crippen LogP contribution in [0.3, 0.4) is 0 Å². The van der Waals surface area contributed by atoms with Crippen LogP contribution in [-0.2, 0) is 39.3 Å². The van der Waals surface area contributed by atoms with Gasteiger partial charge in [0.05, 0.1) is 26.4 Å². The number of carbonyl (C=O) groups excluding carboxylic acids is 3. The fourth-order valence-corrected chi connectivity index (χ4v) is 8.51. The van der Waals surface area contributed by atoms with Crippen LogP contribution >= 0.6 is 19.2 Å². The van der Waals surface area contributed by atoms with Gasteiger partial charge in [0.25, 0.3) is 0 Å². The van der Waals surface area contributed by atoms with E-state index in [1.807, 2.05) is 30.3 Å². The van der Waals surface area contributed by atoms with Gasteiger partial charge in [-0.25, -0.2) is 4.79 Å². The predicted molar refractivity (Wildman–Crippen MR) is 191 cm³/mol. The van der Waals surface area contributed by atoms with Crippen LogP contribution in [0.1, 0.15) is 82.4 Å². The number of rotatable bonds is 17. The van der Waals surface area contributed by atoms with Crippen molar-refractivity contribution in [1.29, 1.82) is 0 Å². The number of hydrogen-bond donors (Lipinski definition) is 4. The molecule has 2 aliphatic rings. The van der Waals surface area contributed by atoms with Crippen LogP contribution in [0.15, 0.2) is 54.6 Å². The van der Waals surface area contributed by atoms with Gasteiger partial charge in [0.1, 0.15) is 18.8 Å². The summed E-state index contributed by atoms with van der Waals surface area (Å²) in [6.07, 6.45) is 2.84. The van der Waals surface area contributed by atoms with Crippen molar-refractivity contribution in [2.75, 3.05) is 32.9 Å². The van der Waals surface area contributed by atoms with Gasteiger partial charge in [-0.15, -0.1) is 0 Å². The summed E-state index contributed by atoms with van der Waals surface area (Å²) < 4.78 is 35.7. The van der Waals surface area contributed by atoms with Crippen LogP contribution in [0.25, 0.3) is 0 Å². The molecule has 2 aromatic rings. The minimum absolute atomic E-state index is 0.0964.